The predicted octanol–water partition coefficient (Wildman–Crippen LogP) is 6.22. The fourth-order valence-electron chi connectivity index (χ4n) is 5.26. The molecule has 0 spiro atoms. The van der Waals surface area contributed by atoms with Crippen molar-refractivity contribution in [1.82, 2.24) is 29.9 Å². The standard InChI is InChI=1S/C29H29F2N7O/c1-17-24(18-4-6-19(7-5-18)25(30)31)37-28(35-17)29(2)10-12-38(13-11-29)27-21-14-22(36-26(21)33-16-34-27)20-8-9-23(39-3)32-15-20/h4-9,14-16,25H,10-13H2,1-3H3,(H,35,37)(H,33,34,36). The smallest absolute Gasteiger partial charge is 0.263 e. The summed E-state index contributed by atoms with van der Waals surface area (Å²) in [6, 6.07) is 12.2. The molecule has 1 aliphatic rings. The fourth-order valence-corrected chi connectivity index (χ4v) is 5.26. The minimum atomic E-state index is -2.48. The highest BCUT2D eigenvalue weighted by atomic mass is 19.3. The average Bonchev–Trinajstić information content (AvgIpc) is 3.58. The number of fused-ring (bicyclic) bond motifs is 1. The first-order valence-corrected chi connectivity index (χ1v) is 12.9. The summed E-state index contributed by atoms with van der Waals surface area (Å²) in [6.07, 6.45) is 2.66. The van der Waals surface area contributed by atoms with Gasteiger partial charge in [-0.1, -0.05) is 31.2 Å². The number of nitrogens with zero attached hydrogens (tertiary/aromatic N) is 5. The Balaban J connectivity index is 1.22. The lowest BCUT2D eigenvalue weighted by molar-refractivity contribution is 0.151. The molecule has 4 aromatic heterocycles. The number of halogens is 2. The van der Waals surface area contributed by atoms with Crippen LogP contribution in [0.4, 0.5) is 14.6 Å². The fraction of sp³-hybridized carbons (Fsp3) is 0.310. The van der Waals surface area contributed by atoms with Crippen molar-refractivity contribution >= 4 is 16.9 Å². The molecule has 0 unspecified atom stereocenters. The first-order valence-electron chi connectivity index (χ1n) is 12.9. The third-order valence-corrected chi connectivity index (χ3v) is 7.72. The van der Waals surface area contributed by atoms with Gasteiger partial charge in [0.15, 0.2) is 0 Å². The summed E-state index contributed by atoms with van der Waals surface area (Å²) < 4.78 is 31.1. The number of aromatic nitrogens is 6. The third kappa shape index (κ3) is 4.60. The van der Waals surface area contributed by atoms with Gasteiger partial charge in [0.05, 0.1) is 18.2 Å². The van der Waals surface area contributed by atoms with Crippen molar-refractivity contribution in [2.24, 2.45) is 0 Å². The molecule has 5 heterocycles. The number of hydrogen-bond acceptors (Lipinski definition) is 6. The molecule has 6 rings (SSSR count). The van der Waals surface area contributed by atoms with E-state index in [1.54, 1.807) is 31.8 Å². The highest BCUT2D eigenvalue weighted by molar-refractivity contribution is 5.91. The topological polar surface area (TPSA) is 95.6 Å². The molecule has 39 heavy (non-hydrogen) atoms. The van der Waals surface area contributed by atoms with E-state index in [0.717, 1.165) is 76.8 Å². The molecular weight excluding hydrogens is 500 g/mol. The average molecular weight is 530 g/mol. The van der Waals surface area contributed by atoms with Crippen LogP contribution < -0.4 is 9.64 Å². The molecular formula is C29H29F2N7O. The van der Waals surface area contributed by atoms with Crippen LogP contribution in [-0.2, 0) is 5.41 Å². The monoisotopic (exact) mass is 529 g/mol. The zero-order chi connectivity index (χ0) is 27.1. The van der Waals surface area contributed by atoms with Crippen LogP contribution in [0.1, 0.15) is 43.3 Å². The van der Waals surface area contributed by atoms with E-state index in [9.17, 15) is 8.78 Å². The Kier molecular flexibility index (Phi) is 6.25. The van der Waals surface area contributed by atoms with E-state index in [2.05, 4.69) is 42.8 Å². The lowest BCUT2D eigenvalue weighted by atomic mass is 9.79. The highest BCUT2D eigenvalue weighted by Crippen LogP contribution is 2.38. The number of hydrogen-bond donors (Lipinski definition) is 2. The number of methoxy groups -OCH3 is 1. The Bertz CT molecular complexity index is 1600. The second-order valence-corrected chi connectivity index (χ2v) is 10.3. The lowest BCUT2D eigenvalue weighted by Gasteiger charge is -2.38. The molecule has 0 bridgehead atoms. The molecule has 1 saturated heterocycles. The maximum Gasteiger partial charge on any atom is 0.263 e. The van der Waals surface area contributed by atoms with E-state index in [-0.39, 0.29) is 11.0 Å². The molecule has 2 N–H and O–H groups in total. The van der Waals surface area contributed by atoms with Crippen molar-refractivity contribution < 1.29 is 13.5 Å². The second-order valence-electron chi connectivity index (χ2n) is 10.3. The molecule has 200 valence electrons. The quantitative estimate of drug-likeness (QED) is 0.271. The molecule has 1 aliphatic heterocycles. The minimum Gasteiger partial charge on any atom is -0.481 e. The molecule has 10 heteroatoms. The first kappa shape index (κ1) is 25.0. The summed E-state index contributed by atoms with van der Waals surface area (Å²) in [4.78, 5) is 27.5. The van der Waals surface area contributed by atoms with E-state index in [1.165, 1.54) is 12.1 Å². The number of H-pyrrole nitrogens is 2. The largest absolute Gasteiger partial charge is 0.481 e. The van der Waals surface area contributed by atoms with Crippen molar-refractivity contribution in [2.75, 3.05) is 25.1 Å². The number of benzene rings is 1. The Morgan fingerprint density at radius 2 is 1.72 bits per heavy atom. The zero-order valence-corrected chi connectivity index (χ0v) is 22.0. The van der Waals surface area contributed by atoms with Gasteiger partial charge in [-0.2, -0.15) is 0 Å². The summed E-state index contributed by atoms with van der Waals surface area (Å²) in [5, 5.41) is 0.968. The normalized spacial score (nSPS) is 15.3. The number of ether oxygens (including phenoxy) is 1. The summed E-state index contributed by atoms with van der Waals surface area (Å²) in [7, 11) is 1.60. The maximum absolute atomic E-state index is 13.0. The molecule has 1 aromatic carbocycles. The van der Waals surface area contributed by atoms with Crippen LogP contribution in [0.5, 0.6) is 5.88 Å². The molecule has 0 aliphatic carbocycles. The van der Waals surface area contributed by atoms with Crippen molar-refractivity contribution in [3.05, 3.63) is 72.1 Å². The molecule has 0 atom stereocenters. The van der Waals surface area contributed by atoms with Crippen LogP contribution in [0.25, 0.3) is 33.5 Å². The molecule has 8 nitrogen and oxygen atoms in total. The van der Waals surface area contributed by atoms with Crippen LogP contribution in [0, 0.1) is 6.92 Å². The van der Waals surface area contributed by atoms with Gasteiger partial charge in [-0.3, -0.25) is 0 Å². The Morgan fingerprint density at radius 1 is 0.974 bits per heavy atom. The van der Waals surface area contributed by atoms with E-state index in [1.807, 2.05) is 19.1 Å². The molecule has 0 radical (unpaired) electrons. The highest BCUT2D eigenvalue weighted by Gasteiger charge is 2.36. The van der Waals surface area contributed by atoms with Gasteiger partial charge in [-0.05, 0) is 31.9 Å². The van der Waals surface area contributed by atoms with Crippen LogP contribution in [0.15, 0.2) is 55.0 Å². The van der Waals surface area contributed by atoms with Crippen molar-refractivity contribution in [2.45, 2.75) is 38.5 Å². The van der Waals surface area contributed by atoms with Crippen molar-refractivity contribution in [1.29, 1.82) is 0 Å². The van der Waals surface area contributed by atoms with Crippen LogP contribution in [-0.4, -0.2) is 50.1 Å². The van der Waals surface area contributed by atoms with Gasteiger partial charge in [-0.15, -0.1) is 0 Å². The Hall–Kier alpha value is -4.34. The van der Waals surface area contributed by atoms with Gasteiger partial charge in [0.1, 0.15) is 23.6 Å². The van der Waals surface area contributed by atoms with Gasteiger partial charge in [0.2, 0.25) is 5.88 Å². The van der Waals surface area contributed by atoms with Gasteiger partial charge in [-0.25, -0.2) is 28.7 Å². The van der Waals surface area contributed by atoms with E-state index >= 15 is 0 Å². The summed E-state index contributed by atoms with van der Waals surface area (Å²) in [5.74, 6) is 2.40. The summed E-state index contributed by atoms with van der Waals surface area (Å²) in [5.41, 5.74) is 5.08. The number of anilines is 1. The van der Waals surface area contributed by atoms with Crippen LogP contribution in [0.2, 0.25) is 0 Å². The van der Waals surface area contributed by atoms with Gasteiger partial charge in [0.25, 0.3) is 6.43 Å². The van der Waals surface area contributed by atoms with Crippen LogP contribution in [0.3, 0.4) is 0 Å². The minimum absolute atomic E-state index is 0.0144. The molecule has 0 saturated carbocycles. The number of rotatable bonds is 6. The molecule has 0 amide bonds. The van der Waals surface area contributed by atoms with Gasteiger partial charge in [0, 0.05) is 58.8 Å². The first-order chi connectivity index (χ1) is 18.8. The van der Waals surface area contributed by atoms with Crippen molar-refractivity contribution in [3.63, 3.8) is 0 Å². The number of pyridine rings is 1. The predicted molar refractivity (Wildman–Crippen MR) is 146 cm³/mol. The van der Waals surface area contributed by atoms with Crippen molar-refractivity contribution in [3.8, 4) is 28.4 Å². The maximum atomic E-state index is 13.0. The van der Waals surface area contributed by atoms with E-state index in [4.69, 9.17) is 9.72 Å². The Labute approximate surface area is 224 Å². The molecule has 1 fully saturated rings. The SMILES string of the molecule is COc1ccc(-c2cc3c(N4CCC(C)(c5nc(-c6ccc(C(F)F)cc6)c(C)[nH]5)CC4)ncnc3[nH]2)cn1. The number of aryl methyl sites for hydroxylation is 1. The molecule has 5 aromatic rings. The number of nitrogens with one attached hydrogen (secondary N) is 2. The third-order valence-electron chi connectivity index (χ3n) is 7.72. The number of aromatic amines is 2. The number of piperidine rings is 1. The van der Waals surface area contributed by atoms with Gasteiger partial charge < -0.3 is 19.6 Å². The Morgan fingerprint density at radius 3 is 2.38 bits per heavy atom. The zero-order valence-electron chi connectivity index (χ0n) is 22.0. The van der Waals surface area contributed by atoms with E-state index < -0.39 is 6.43 Å². The van der Waals surface area contributed by atoms with E-state index in [0.29, 0.717) is 5.88 Å². The number of imidazole rings is 1. The lowest BCUT2D eigenvalue weighted by Crippen LogP contribution is -2.42. The summed E-state index contributed by atoms with van der Waals surface area (Å²) in [6.45, 7) is 5.83. The van der Waals surface area contributed by atoms with Gasteiger partial charge >= 0.3 is 0 Å². The second kappa shape index (κ2) is 9.76. The van der Waals surface area contributed by atoms with Crippen LogP contribution >= 0.6 is 0 Å². The summed E-state index contributed by atoms with van der Waals surface area (Å²) >= 11 is 0. The number of alkyl halides is 2.